The molecule has 5 nitrogen and oxygen atoms in total. The Morgan fingerprint density at radius 2 is 1.90 bits per heavy atom. The van der Waals surface area contributed by atoms with Crippen LogP contribution < -0.4 is 11.1 Å². The van der Waals surface area contributed by atoms with E-state index in [1.54, 1.807) is 0 Å². The van der Waals surface area contributed by atoms with Gasteiger partial charge in [-0.2, -0.15) is 0 Å². The van der Waals surface area contributed by atoms with E-state index in [1.807, 2.05) is 0 Å². The van der Waals surface area contributed by atoms with E-state index in [-0.39, 0.29) is 36.1 Å². The summed E-state index contributed by atoms with van der Waals surface area (Å²) in [4.78, 5) is 24.4. The third kappa shape index (κ3) is 3.26. The van der Waals surface area contributed by atoms with E-state index in [0.717, 1.165) is 32.1 Å². The molecule has 0 heterocycles. The second-order valence-corrected chi connectivity index (χ2v) is 5.80. The molecular weight excluding hydrogens is 280 g/mol. The lowest BCUT2D eigenvalue weighted by atomic mass is 9.92. The molecule has 116 valence electrons. The topological polar surface area (TPSA) is 81.4 Å². The minimum atomic E-state index is -0.784. The molecule has 2 atom stereocenters. The van der Waals surface area contributed by atoms with Gasteiger partial charge in [-0.3, -0.25) is 4.79 Å². The third-order valence-electron chi connectivity index (χ3n) is 4.69. The molecule has 1 amide bonds. The normalized spacial score (nSPS) is 27.7. The van der Waals surface area contributed by atoms with Crippen molar-refractivity contribution in [1.29, 1.82) is 0 Å². The molecule has 0 bridgehead atoms. The lowest BCUT2D eigenvalue weighted by Gasteiger charge is -2.29. The van der Waals surface area contributed by atoms with Crippen molar-refractivity contribution in [2.75, 3.05) is 13.7 Å². The fourth-order valence-electron chi connectivity index (χ4n) is 3.55. The summed E-state index contributed by atoms with van der Waals surface area (Å²) in [6.07, 6.45) is 6.23. The molecule has 20 heavy (non-hydrogen) atoms. The number of ether oxygens (including phenoxy) is 1. The zero-order chi connectivity index (χ0) is 13.9. The van der Waals surface area contributed by atoms with Gasteiger partial charge in [0.05, 0.1) is 7.11 Å². The summed E-state index contributed by atoms with van der Waals surface area (Å²) in [5.74, 6) is -0.0934. The zero-order valence-corrected chi connectivity index (χ0v) is 12.8. The van der Waals surface area contributed by atoms with E-state index in [4.69, 9.17) is 10.5 Å². The van der Waals surface area contributed by atoms with Crippen molar-refractivity contribution < 1.29 is 14.3 Å². The van der Waals surface area contributed by atoms with Crippen LogP contribution in [0.25, 0.3) is 0 Å². The van der Waals surface area contributed by atoms with Gasteiger partial charge in [0.25, 0.3) is 0 Å². The maximum Gasteiger partial charge on any atom is 0.331 e. The van der Waals surface area contributed by atoms with Gasteiger partial charge < -0.3 is 15.8 Å². The quantitative estimate of drug-likeness (QED) is 0.769. The van der Waals surface area contributed by atoms with Crippen molar-refractivity contribution in [3.05, 3.63) is 0 Å². The second kappa shape index (κ2) is 7.27. The highest BCUT2D eigenvalue weighted by Gasteiger charge is 2.45. The number of methoxy groups -OCH3 is 1. The first kappa shape index (κ1) is 17.2. The Labute approximate surface area is 126 Å². The Morgan fingerprint density at radius 1 is 1.25 bits per heavy atom. The highest BCUT2D eigenvalue weighted by Crippen LogP contribution is 2.35. The molecule has 0 aromatic heterocycles. The number of halogens is 1. The summed E-state index contributed by atoms with van der Waals surface area (Å²) in [5, 5.41) is 2.98. The van der Waals surface area contributed by atoms with Crippen molar-refractivity contribution in [3.63, 3.8) is 0 Å². The van der Waals surface area contributed by atoms with E-state index in [0.29, 0.717) is 19.4 Å². The largest absolute Gasteiger partial charge is 0.467 e. The second-order valence-electron chi connectivity index (χ2n) is 5.80. The molecule has 0 spiro atoms. The highest BCUT2D eigenvalue weighted by atomic mass is 35.5. The third-order valence-corrected chi connectivity index (χ3v) is 4.69. The van der Waals surface area contributed by atoms with E-state index < -0.39 is 5.54 Å². The van der Waals surface area contributed by atoms with Crippen molar-refractivity contribution >= 4 is 24.3 Å². The van der Waals surface area contributed by atoms with Crippen molar-refractivity contribution in [1.82, 2.24) is 5.32 Å². The summed E-state index contributed by atoms with van der Waals surface area (Å²) in [6.45, 7) is 0.545. The molecule has 0 aromatic rings. The molecule has 0 saturated heterocycles. The number of hydrogen-bond acceptors (Lipinski definition) is 4. The van der Waals surface area contributed by atoms with E-state index >= 15 is 0 Å². The molecule has 0 aliphatic heterocycles. The van der Waals surface area contributed by atoms with Gasteiger partial charge >= 0.3 is 5.97 Å². The Morgan fingerprint density at radius 3 is 2.45 bits per heavy atom. The SMILES string of the molecule is COC(=O)C1(NC(=O)[C@@H]2CCC[C@@H]2CN)CCCC1.Cl. The average molecular weight is 305 g/mol. The zero-order valence-electron chi connectivity index (χ0n) is 12.0. The molecule has 2 saturated carbocycles. The van der Waals surface area contributed by atoms with Crippen LogP contribution in [0.15, 0.2) is 0 Å². The standard InChI is InChI=1S/C14H24N2O3.ClH/c1-19-13(18)14(7-2-3-8-14)16-12(17)11-6-4-5-10(11)9-15;/h10-11H,2-9,15H2,1H3,(H,16,17);1H/t10-,11-;/m1./s1. The van der Waals surface area contributed by atoms with Crippen LogP contribution in [0, 0.1) is 11.8 Å². The lowest BCUT2D eigenvalue weighted by Crippen LogP contribution is -2.55. The first-order chi connectivity index (χ1) is 9.13. The van der Waals surface area contributed by atoms with Crippen LogP contribution in [0.2, 0.25) is 0 Å². The number of carbonyl (C=O) groups is 2. The maximum absolute atomic E-state index is 12.4. The molecular formula is C14H25ClN2O3. The van der Waals surface area contributed by atoms with Crippen molar-refractivity contribution in [3.8, 4) is 0 Å². The van der Waals surface area contributed by atoms with Crippen LogP contribution in [-0.4, -0.2) is 31.1 Å². The van der Waals surface area contributed by atoms with E-state index in [9.17, 15) is 9.59 Å². The summed E-state index contributed by atoms with van der Waals surface area (Å²) in [5.41, 5.74) is 4.93. The fraction of sp³-hybridized carbons (Fsp3) is 0.857. The van der Waals surface area contributed by atoms with Crippen LogP contribution in [0.4, 0.5) is 0 Å². The Bertz CT molecular complexity index is 356. The number of nitrogens with one attached hydrogen (secondary N) is 1. The Kier molecular flexibility index (Phi) is 6.27. The Hall–Kier alpha value is -0.810. The maximum atomic E-state index is 12.4. The van der Waals surface area contributed by atoms with Gasteiger partial charge in [-0.05, 0) is 38.1 Å². The lowest BCUT2D eigenvalue weighted by molar-refractivity contribution is -0.151. The fourth-order valence-corrected chi connectivity index (χ4v) is 3.55. The molecule has 0 aromatic carbocycles. The molecule has 0 unspecified atom stereocenters. The highest BCUT2D eigenvalue weighted by molar-refractivity contribution is 5.89. The van der Waals surface area contributed by atoms with Gasteiger partial charge in [-0.15, -0.1) is 12.4 Å². The number of carbonyl (C=O) groups excluding carboxylic acids is 2. The van der Waals surface area contributed by atoms with Gasteiger partial charge in [-0.25, -0.2) is 4.79 Å². The molecule has 2 fully saturated rings. The van der Waals surface area contributed by atoms with Crippen molar-refractivity contribution in [2.24, 2.45) is 17.6 Å². The summed E-state index contributed by atoms with van der Waals surface area (Å²) >= 11 is 0. The Balaban J connectivity index is 0.00000200. The monoisotopic (exact) mass is 304 g/mol. The van der Waals surface area contributed by atoms with Crippen molar-refractivity contribution in [2.45, 2.75) is 50.5 Å². The molecule has 2 rings (SSSR count). The van der Waals surface area contributed by atoms with Gasteiger partial charge in [0.1, 0.15) is 5.54 Å². The molecule has 2 aliphatic rings. The molecule has 0 radical (unpaired) electrons. The van der Waals surface area contributed by atoms with E-state index in [2.05, 4.69) is 5.32 Å². The first-order valence-electron chi connectivity index (χ1n) is 7.23. The number of amides is 1. The average Bonchev–Trinajstić information content (AvgIpc) is 3.06. The van der Waals surface area contributed by atoms with Crippen LogP contribution >= 0.6 is 12.4 Å². The van der Waals surface area contributed by atoms with Gasteiger partial charge in [-0.1, -0.05) is 19.3 Å². The molecule has 3 N–H and O–H groups in total. The minimum Gasteiger partial charge on any atom is -0.467 e. The van der Waals surface area contributed by atoms with Crippen LogP contribution in [0.1, 0.15) is 44.9 Å². The summed E-state index contributed by atoms with van der Waals surface area (Å²) in [7, 11) is 1.38. The number of rotatable bonds is 4. The van der Waals surface area contributed by atoms with E-state index in [1.165, 1.54) is 7.11 Å². The minimum absolute atomic E-state index is 0. The first-order valence-corrected chi connectivity index (χ1v) is 7.23. The smallest absolute Gasteiger partial charge is 0.331 e. The number of esters is 1. The van der Waals surface area contributed by atoms with Gasteiger partial charge in [0, 0.05) is 5.92 Å². The van der Waals surface area contributed by atoms with Gasteiger partial charge in [0.15, 0.2) is 0 Å². The van der Waals surface area contributed by atoms with Crippen LogP contribution in [0.3, 0.4) is 0 Å². The molecule has 6 heteroatoms. The number of hydrogen-bond donors (Lipinski definition) is 2. The predicted octanol–water partition coefficient (Wildman–Crippen LogP) is 1.39. The predicted molar refractivity (Wildman–Crippen MR) is 78.5 cm³/mol. The van der Waals surface area contributed by atoms with Crippen LogP contribution in [-0.2, 0) is 14.3 Å². The summed E-state index contributed by atoms with van der Waals surface area (Å²) in [6, 6.07) is 0. The summed E-state index contributed by atoms with van der Waals surface area (Å²) < 4.78 is 4.88. The van der Waals surface area contributed by atoms with Crippen LogP contribution in [0.5, 0.6) is 0 Å². The van der Waals surface area contributed by atoms with Gasteiger partial charge in [0.2, 0.25) is 5.91 Å². The number of nitrogens with two attached hydrogens (primary N) is 1. The molecule has 2 aliphatic carbocycles.